The summed E-state index contributed by atoms with van der Waals surface area (Å²) in [6.07, 6.45) is 1.22. The third kappa shape index (κ3) is 2.60. The molecule has 1 heterocycles. The second kappa shape index (κ2) is 5.02. The molecule has 0 saturated carbocycles. The van der Waals surface area contributed by atoms with Gasteiger partial charge in [0.05, 0.1) is 0 Å². The minimum absolute atomic E-state index is 0.280. The van der Waals surface area contributed by atoms with Gasteiger partial charge in [0.15, 0.2) is 0 Å². The SMILES string of the molecule is CC(C)(C)C1(CN)CCN(Cc2ccccc2)C1. The normalized spacial score (nSPS) is 25.6. The largest absolute Gasteiger partial charge is 0.330 e. The van der Waals surface area contributed by atoms with E-state index in [1.54, 1.807) is 0 Å². The topological polar surface area (TPSA) is 29.3 Å². The molecule has 1 fully saturated rings. The fourth-order valence-corrected chi connectivity index (χ4v) is 3.02. The molecule has 0 spiro atoms. The molecule has 0 aromatic heterocycles. The zero-order valence-electron chi connectivity index (χ0n) is 11.9. The Balaban J connectivity index is 2.04. The van der Waals surface area contributed by atoms with Crippen LogP contribution in [0.4, 0.5) is 0 Å². The van der Waals surface area contributed by atoms with Crippen LogP contribution in [0.1, 0.15) is 32.8 Å². The van der Waals surface area contributed by atoms with Crippen molar-refractivity contribution in [1.82, 2.24) is 4.90 Å². The molecule has 2 nitrogen and oxygen atoms in total. The summed E-state index contributed by atoms with van der Waals surface area (Å²) in [6.45, 7) is 11.1. The van der Waals surface area contributed by atoms with Crippen molar-refractivity contribution in [2.24, 2.45) is 16.6 Å². The van der Waals surface area contributed by atoms with Gasteiger partial charge in [-0.3, -0.25) is 4.90 Å². The van der Waals surface area contributed by atoms with Gasteiger partial charge in [0.1, 0.15) is 0 Å². The van der Waals surface area contributed by atoms with Crippen LogP contribution in [0.2, 0.25) is 0 Å². The van der Waals surface area contributed by atoms with E-state index in [4.69, 9.17) is 5.73 Å². The van der Waals surface area contributed by atoms with Gasteiger partial charge in [-0.15, -0.1) is 0 Å². The summed E-state index contributed by atoms with van der Waals surface area (Å²) in [6, 6.07) is 10.7. The van der Waals surface area contributed by atoms with Crippen LogP contribution in [0.5, 0.6) is 0 Å². The summed E-state index contributed by atoms with van der Waals surface area (Å²) < 4.78 is 0. The molecule has 1 aromatic rings. The van der Waals surface area contributed by atoms with E-state index in [2.05, 4.69) is 56.0 Å². The Morgan fingerprint density at radius 1 is 1.22 bits per heavy atom. The lowest BCUT2D eigenvalue weighted by atomic mass is 9.66. The molecule has 1 saturated heterocycles. The molecule has 1 atom stereocenters. The minimum Gasteiger partial charge on any atom is -0.330 e. The summed E-state index contributed by atoms with van der Waals surface area (Å²) in [4.78, 5) is 2.55. The standard InChI is InChI=1S/C16H26N2/c1-15(2,3)16(12-17)9-10-18(13-16)11-14-7-5-4-6-8-14/h4-8H,9-13,17H2,1-3H3. The van der Waals surface area contributed by atoms with Crippen LogP contribution in [0.15, 0.2) is 30.3 Å². The van der Waals surface area contributed by atoms with Crippen molar-refractivity contribution >= 4 is 0 Å². The monoisotopic (exact) mass is 246 g/mol. The number of hydrogen-bond donors (Lipinski definition) is 1. The average Bonchev–Trinajstić information content (AvgIpc) is 2.74. The van der Waals surface area contributed by atoms with Crippen LogP contribution in [0.3, 0.4) is 0 Å². The molecular formula is C16H26N2. The van der Waals surface area contributed by atoms with Crippen LogP contribution in [0.25, 0.3) is 0 Å². The number of rotatable bonds is 3. The molecule has 0 radical (unpaired) electrons. The predicted molar refractivity (Wildman–Crippen MR) is 77.3 cm³/mol. The maximum Gasteiger partial charge on any atom is 0.0233 e. The molecule has 1 aliphatic heterocycles. The van der Waals surface area contributed by atoms with Gasteiger partial charge < -0.3 is 5.73 Å². The van der Waals surface area contributed by atoms with Gasteiger partial charge in [-0.25, -0.2) is 0 Å². The van der Waals surface area contributed by atoms with Crippen LogP contribution in [-0.4, -0.2) is 24.5 Å². The third-order valence-electron chi connectivity index (χ3n) is 4.66. The van der Waals surface area contributed by atoms with Crippen molar-refractivity contribution in [3.8, 4) is 0 Å². The van der Waals surface area contributed by atoms with Crippen LogP contribution in [-0.2, 0) is 6.54 Å². The Morgan fingerprint density at radius 2 is 1.89 bits per heavy atom. The third-order valence-corrected chi connectivity index (χ3v) is 4.66. The highest BCUT2D eigenvalue weighted by Gasteiger charge is 2.45. The van der Waals surface area contributed by atoms with Crippen LogP contribution in [0, 0.1) is 10.8 Å². The van der Waals surface area contributed by atoms with E-state index in [0.29, 0.717) is 0 Å². The lowest BCUT2D eigenvalue weighted by Gasteiger charge is -2.41. The number of benzene rings is 1. The van der Waals surface area contributed by atoms with E-state index in [9.17, 15) is 0 Å². The lowest BCUT2D eigenvalue weighted by Crippen LogP contribution is -2.44. The molecule has 0 aliphatic carbocycles. The first kappa shape index (κ1) is 13.6. The minimum atomic E-state index is 0.280. The first-order chi connectivity index (χ1) is 8.47. The Bertz CT molecular complexity index is 380. The van der Waals surface area contributed by atoms with Crippen molar-refractivity contribution in [3.05, 3.63) is 35.9 Å². The van der Waals surface area contributed by atoms with Gasteiger partial charge in [0.2, 0.25) is 0 Å². The molecule has 0 amide bonds. The molecule has 0 bridgehead atoms. The Labute approximate surface area is 111 Å². The van der Waals surface area contributed by atoms with Crippen LogP contribution >= 0.6 is 0 Å². The van der Waals surface area contributed by atoms with E-state index in [1.807, 2.05) is 0 Å². The summed E-state index contributed by atoms with van der Waals surface area (Å²) >= 11 is 0. The molecule has 2 N–H and O–H groups in total. The molecule has 2 heteroatoms. The average molecular weight is 246 g/mol. The van der Waals surface area contributed by atoms with Gasteiger partial charge in [-0.05, 0) is 30.5 Å². The highest BCUT2D eigenvalue weighted by molar-refractivity contribution is 5.15. The number of likely N-dealkylation sites (tertiary alicyclic amines) is 1. The first-order valence-electron chi connectivity index (χ1n) is 6.93. The van der Waals surface area contributed by atoms with E-state index in [0.717, 1.165) is 19.6 Å². The fourth-order valence-electron chi connectivity index (χ4n) is 3.02. The number of nitrogens with two attached hydrogens (primary N) is 1. The molecule has 2 rings (SSSR count). The number of hydrogen-bond acceptors (Lipinski definition) is 2. The van der Waals surface area contributed by atoms with Crippen molar-refractivity contribution in [3.63, 3.8) is 0 Å². The van der Waals surface area contributed by atoms with Crippen LogP contribution < -0.4 is 5.73 Å². The van der Waals surface area contributed by atoms with Gasteiger partial charge in [-0.2, -0.15) is 0 Å². The van der Waals surface area contributed by atoms with Crippen molar-refractivity contribution < 1.29 is 0 Å². The first-order valence-corrected chi connectivity index (χ1v) is 6.93. The van der Waals surface area contributed by atoms with E-state index < -0.39 is 0 Å². The second-order valence-electron chi connectivity index (χ2n) is 6.68. The molecule has 100 valence electrons. The molecule has 1 aromatic carbocycles. The van der Waals surface area contributed by atoms with Gasteiger partial charge >= 0.3 is 0 Å². The Hall–Kier alpha value is -0.860. The highest BCUT2D eigenvalue weighted by Crippen LogP contribution is 2.45. The van der Waals surface area contributed by atoms with Gasteiger partial charge in [0, 0.05) is 18.5 Å². The Kier molecular flexibility index (Phi) is 3.79. The van der Waals surface area contributed by atoms with E-state index in [1.165, 1.54) is 18.5 Å². The Morgan fingerprint density at radius 3 is 2.39 bits per heavy atom. The summed E-state index contributed by atoms with van der Waals surface area (Å²) in [5, 5.41) is 0. The van der Waals surface area contributed by atoms with Crippen molar-refractivity contribution in [2.45, 2.75) is 33.7 Å². The summed E-state index contributed by atoms with van der Waals surface area (Å²) in [5.74, 6) is 0. The second-order valence-corrected chi connectivity index (χ2v) is 6.68. The zero-order chi connectivity index (χ0) is 13.2. The van der Waals surface area contributed by atoms with E-state index >= 15 is 0 Å². The summed E-state index contributed by atoms with van der Waals surface area (Å²) in [7, 11) is 0. The molecule has 18 heavy (non-hydrogen) atoms. The maximum atomic E-state index is 6.08. The van der Waals surface area contributed by atoms with E-state index in [-0.39, 0.29) is 10.8 Å². The lowest BCUT2D eigenvalue weighted by molar-refractivity contribution is 0.101. The molecule has 1 aliphatic rings. The zero-order valence-corrected chi connectivity index (χ0v) is 11.9. The smallest absolute Gasteiger partial charge is 0.0233 e. The highest BCUT2D eigenvalue weighted by atomic mass is 15.2. The van der Waals surface area contributed by atoms with Crippen molar-refractivity contribution in [2.75, 3.05) is 19.6 Å². The maximum absolute atomic E-state index is 6.08. The number of nitrogens with zero attached hydrogens (tertiary/aromatic N) is 1. The summed E-state index contributed by atoms with van der Waals surface area (Å²) in [5.41, 5.74) is 8.05. The fraction of sp³-hybridized carbons (Fsp3) is 0.625. The molecule has 1 unspecified atom stereocenters. The van der Waals surface area contributed by atoms with Gasteiger partial charge in [0.25, 0.3) is 0 Å². The van der Waals surface area contributed by atoms with Crippen molar-refractivity contribution in [1.29, 1.82) is 0 Å². The quantitative estimate of drug-likeness (QED) is 0.888. The van der Waals surface area contributed by atoms with Gasteiger partial charge in [-0.1, -0.05) is 51.1 Å². The molecular weight excluding hydrogens is 220 g/mol. The predicted octanol–water partition coefficient (Wildman–Crippen LogP) is 2.88.